The van der Waals surface area contributed by atoms with Crippen LogP contribution in [0.15, 0.2) is 30.6 Å². The third-order valence-corrected chi connectivity index (χ3v) is 4.96. The highest BCUT2D eigenvalue weighted by Crippen LogP contribution is 2.28. The molecule has 0 radical (unpaired) electrons. The molecule has 24 heavy (non-hydrogen) atoms. The maximum Gasteiger partial charge on any atom is 0.235 e. The van der Waals surface area contributed by atoms with Crippen LogP contribution in [0.1, 0.15) is 48.2 Å². The molecule has 0 atom stereocenters. The first-order valence-electron chi connectivity index (χ1n) is 8.62. The molecular formula is C19H26N4O. The minimum Gasteiger partial charge on any atom is -0.299 e. The van der Waals surface area contributed by atoms with Gasteiger partial charge in [0, 0.05) is 37.3 Å². The molecule has 0 saturated carbocycles. The van der Waals surface area contributed by atoms with Crippen LogP contribution in [0.5, 0.6) is 0 Å². The van der Waals surface area contributed by atoms with Crippen molar-refractivity contribution in [2.45, 2.75) is 46.1 Å². The molecule has 1 fully saturated rings. The third-order valence-electron chi connectivity index (χ3n) is 4.96. The van der Waals surface area contributed by atoms with Gasteiger partial charge in [-0.05, 0) is 75.0 Å². The Labute approximate surface area is 143 Å². The van der Waals surface area contributed by atoms with Crippen molar-refractivity contribution in [1.29, 1.82) is 0 Å². The van der Waals surface area contributed by atoms with Crippen LogP contribution in [-0.2, 0) is 11.3 Å². The van der Waals surface area contributed by atoms with Crippen LogP contribution < -0.4 is 5.43 Å². The van der Waals surface area contributed by atoms with E-state index in [1.807, 2.05) is 24.0 Å². The summed E-state index contributed by atoms with van der Waals surface area (Å²) >= 11 is 0. The Morgan fingerprint density at radius 2 is 1.92 bits per heavy atom. The van der Waals surface area contributed by atoms with E-state index in [1.165, 1.54) is 24.0 Å². The van der Waals surface area contributed by atoms with E-state index in [1.54, 1.807) is 6.92 Å². The second-order valence-corrected chi connectivity index (χ2v) is 6.73. The first-order valence-corrected chi connectivity index (χ1v) is 8.62. The summed E-state index contributed by atoms with van der Waals surface area (Å²) in [4.78, 5) is 18.0. The minimum atomic E-state index is -0.0403. The summed E-state index contributed by atoms with van der Waals surface area (Å²) in [6, 6.07) is 6.46. The highest BCUT2D eigenvalue weighted by molar-refractivity contribution is 5.81. The van der Waals surface area contributed by atoms with Crippen molar-refractivity contribution in [2.24, 2.45) is 0 Å². The smallest absolute Gasteiger partial charge is 0.235 e. The third kappa shape index (κ3) is 3.67. The maximum absolute atomic E-state index is 11.3. The van der Waals surface area contributed by atoms with E-state index in [9.17, 15) is 4.79 Å². The Balaban J connectivity index is 1.61. The van der Waals surface area contributed by atoms with Crippen molar-refractivity contribution in [2.75, 3.05) is 18.5 Å². The summed E-state index contributed by atoms with van der Waals surface area (Å²) in [6.07, 6.45) is 6.15. The number of amides is 1. The Morgan fingerprint density at radius 3 is 2.54 bits per heavy atom. The lowest BCUT2D eigenvalue weighted by molar-refractivity contribution is -0.115. The van der Waals surface area contributed by atoms with Gasteiger partial charge in [0.05, 0.1) is 0 Å². The minimum absolute atomic E-state index is 0.0403. The molecule has 5 nitrogen and oxygen atoms in total. The van der Waals surface area contributed by atoms with Gasteiger partial charge in [-0.15, -0.1) is 0 Å². The SMILES string of the molecule is CC(=O)Nn1c(C)cc(CN2CCC(c3ccncc3)CC2)c1C. The molecule has 0 spiro atoms. The standard InChI is InChI=1S/C19H26N4O/c1-14-12-19(15(2)23(14)21-16(3)24)13-22-10-6-18(7-11-22)17-4-8-20-9-5-17/h4-5,8-9,12,18H,6-7,10-11,13H2,1-3H3,(H,21,24). The average molecular weight is 326 g/mol. The van der Waals surface area contributed by atoms with Crippen molar-refractivity contribution in [1.82, 2.24) is 14.6 Å². The molecule has 0 bridgehead atoms. The zero-order valence-electron chi connectivity index (χ0n) is 14.7. The van der Waals surface area contributed by atoms with Gasteiger partial charge in [-0.1, -0.05) is 0 Å². The lowest BCUT2D eigenvalue weighted by atomic mass is 9.90. The van der Waals surface area contributed by atoms with Gasteiger partial charge in [-0.25, -0.2) is 0 Å². The number of nitrogens with one attached hydrogen (secondary N) is 1. The predicted molar refractivity (Wildman–Crippen MR) is 95.4 cm³/mol. The van der Waals surface area contributed by atoms with Crippen LogP contribution in [0.25, 0.3) is 0 Å². The molecule has 2 aromatic rings. The van der Waals surface area contributed by atoms with Gasteiger partial charge in [0.2, 0.25) is 5.91 Å². The first kappa shape index (κ1) is 16.7. The summed E-state index contributed by atoms with van der Waals surface area (Å²) in [5.74, 6) is 0.609. The first-order chi connectivity index (χ1) is 11.5. The Morgan fingerprint density at radius 1 is 1.25 bits per heavy atom. The van der Waals surface area contributed by atoms with E-state index >= 15 is 0 Å². The second kappa shape index (κ2) is 7.18. The number of carbonyl (C=O) groups is 1. The molecule has 1 aliphatic rings. The molecular weight excluding hydrogens is 300 g/mol. The molecule has 1 amide bonds. The number of pyridine rings is 1. The number of nitrogens with zero attached hydrogens (tertiary/aromatic N) is 3. The van der Waals surface area contributed by atoms with E-state index in [4.69, 9.17) is 0 Å². The van der Waals surface area contributed by atoms with Crippen molar-refractivity contribution in [3.63, 3.8) is 0 Å². The summed E-state index contributed by atoms with van der Waals surface area (Å²) in [6.45, 7) is 8.81. The lowest BCUT2D eigenvalue weighted by Crippen LogP contribution is -2.32. The quantitative estimate of drug-likeness (QED) is 0.940. The number of piperidine rings is 1. The van der Waals surface area contributed by atoms with Crippen LogP contribution in [-0.4, -0.2) is 33.6 Å². The lowest BCUT2D eigenvalue weighted by Gasteiger charge is -2.32. The summed E-state index contributed by atoms with van der Waals surface area (Å²) in [7, 11) is 0. The van der Waals surface area contributed by atoms with Crippen LogP contribution in [0, 0.1) is 13.8 Å². The van der Waals surface area contributed by atoms with E-state index in [0.29, 0.717) is 5.92 Å². The molecule has 1 saturated heterocycles. The average Bonchev–Trinajstić information content (AvgIpc) is 2.83. The molecule has 1 aliphatic heterocycles. The summed E-state index contributed by atoms with van der Waals surface area (Å²) in [5.41, 5.74) is 7.78. The zero-order chi connectivity index (χ0) is 17.1. The number of rotatable bonds is 4. The predicted octanol–water partition coefficient (Wildman–Crippen LogP) is 2.97. The Hall–Kier alpha value is -2.14. The fourth-order valence-corrected chi connectivity index (χ4v) is 3.62. The van der Waals surface area contributed by atoms with Gasteiger partial charge in [0.15, 0.2) is 0 Å². The summed E-state index contributed by atoms with van der Waals surface area (Å²) in [5, 5.41) is 0. The fraction of sp³-hybridized carbons (Fsp3) is 0.474. The number of likely N-dealkylation sites (tertiary alicyclic amines) is 1. The maximum atomic E-state index is 11.3. The van der Waals surface area contributed by atoms with E-state index in [2.05, 4.69) is 40.4 Å². The molecule has 0 aromatic carbocycles. The fourth-order valence-electron chi connectivity index (χ4n) is 3.62. The van der Waals surface area contributed by atoms with Crippen LogP contribution in [0.2, 0.25) is 0 Å². The highest BCUT2D eigenvalue weighted by Gasteiger charge is 2.22. The largest absolute Gasteiger partial charge is 0.299 e. The summed E-state index contributed by atoms with van der Waals surface area (Å²) < 4.78 is 1.89. The molecule has 2 aromatic heterocycles. The molecule has 1 N–H and O–H groups in total. The number of aryl methyl sites for hydroxylation is 1. The van der Waals surface area contributed by atoms with Crippen LogP contribution >= 0.6 is 0 Å². The number of carbonyl (C=O) groups excluding carboxylic acids is 1. The molecule has 0 aliphatic carbocycles. The van der Waals surface area contributed by atoms with Gasteiger partial charge in [-0.3, -0.25) is 24.8 Å². The van der Waals surface area contributed by atoms with Gasteiger partial charge in [-0.2, -0.15) is 0 Å². The van der Waals surface area contributed by atoms with Crippen molar-refractivity contribution in [3.05, 3.63) is 53.1 Å². The van der Waals surface area contributed by atoms with Gasteiger partial charge < -0.3 is 0 Å². The monoisotopic (exact) mass is 326 g/mol. The van der Waals surface area contributed by atoms with E-state index in [0.717, 1.165) is 31.0 Å². The zero-order valence-corrected chi connectivity index (χ0v) is 14.7. The topological polar surface area (TPSA) is 50.2 Å². The second-order valence-electron chi connectivity index (χ2n) is 6.73. The van der Waals surface area contributed by atoms with Crippen molar-refractivity contribution < 1.29 is 4.79 Å². The molecule has 0 unspecified atom stereocenters. The molecule has 5 heteroatoms. The Kier molecular flexibility index (Phi) is 5.00. The van der Waals surface area contributed by atoms with Crippen molar-refractivity contribution >= 4 is 5.91 Å². The molecule has 3 rings (SSSR count). The number of hydrogen-bond donors (Lipinski definition) is 1. The van der Waals surface area contributed by atoms with Crippen LogP contribution in [0.3, 0.4) is 0 Å². The van der Waals surface area contributed by atoms with Gasteiger partial charge in [0.25, 0.3) is 0 Å². The Bertz CT molecular complexity index is 700. The van der Waals surface area contributed by atoms with Gasteiger partial charge in [0.1, 0.15) is 0 Å². The normalized spacial score (nSPS) is 16.3. The van der Waals surface area contributed by atoms with E-state index < -0.39 is 0 Å². The van der Waals surface area contributed by atoms with Gasteiger partial charge >= 0.3 is 0 Å². The number of hydrogen-bond acceptors (Lipinski definition) is 3. The highest BCUT2D eigenvalue weighted by atomic mass is 16.2. The molecule has 128 valence electrons. The van der Waals surface area contributed by atoms with Crippen LogP contribution in [0.4, 0.5) is 0 Å². The molecule has 3 heterocycles. The number of aromatic nitrogens is 2. The van der Waals surface area contributed by atoms with Crippen molar-refractivity contribution in [3.8, 4) is 0 Å². The van der Waals surface area contributed by atoms with E-state index in [-0.39, 0.29) is 5.91 Å².